The molecule has 16 heavy (non-hydrogen) atoms. The summed E-state index contributed by atoms with van der Waals surface area (Å²) in [5.74, 6) is -0.333. The van der Waals surface area contributed by atoms with Crippen LogP contribution in [0.2, 0.25) is 0 Å². The molecule has 0 aliphatic heterocycles. The molecular formula is C13H14N2O. The van der Waals surface area contributed by atoms with Crippen LogP contribution in [0.4, 0.5) is 0 Å². The fourth-order valence-corrected chi connectivity index (χ4v) is 1.77. The van der Waals surface area contributed by atoms with Crippen molar-refractivity contribution in [3.05, 3.63) is 48.0 Å². The summed E-state index contributed by atoms with van der Waals surface area (Å²) in [6.07, 6.45) is 0. The Morgan fingerprint density at radius 1 is 1.12 bits per heavy atom. The molecule has 0 atom stereocenters. The second kappa shape index (κ2) is 4.77. The molecule has 0 unspecified atom stereocenters. The molecule has 2 aromatic rings. The average Bonchev–Trinajstić information content (AvgIpc) is 2.29. The zero-order valence-corrected chi connectivity index (χ0v) is 8.94. The van der Waals surface area contributed by atoms with Gasteiger partial charge in [0.15, 0.2) is 0 Å². The molecule has 0 bridgehead atoms. The summed E-state index contributed by atoms with van der Waals surface area (Å²) in [5.41, 5.74) is 6.25. The largest absolute Gasteiger partial charge is 0.369 e. The van der Waals surface area contributed by atoms with Crippen molar-refractivity contribution in [1.29, 1.82) is 0 Å². The number of amides is 1. The van der Waals surface area contributed by atoms with Crippen LogP contribution in [0.25, 0.3) is 10.8 Å². The lowest BCUT2D eigenvalue weighted by molar-refractivity contribution is -0.117. The Morgan fingerprint density at radius 3 is 2.69 bits per heavy atom. The molecule has 0 aliphatic rings. The highest BCUT2D eigenvalue weighted by molar-refractivity contribution is 5.85. The average molecular weight is 214 g/mol. The van der Waals surface area contributed by atoms with Gasteiger partial charge in [0.1, 0.15) is 0 Å². The number of hydrogen-bond acceptors (Lipinski definition) is 2. The number of hydrogen-bond donors (Lipinski definition) is 2. The van der Waals surface area contributed by atoms with Gasteiger partial charge in [0.05, 0.1) is 6.54 Å². The summed E-state index contributed by atoms with van der Waals surface area (Å²) in [7, 11) is 0. The number of nitrogens with one attached hydrogen (secondary N) is 1. The molecule has 0 radical (unpaired) electrons. The normalized spacial score (nSPS) is 10.5. The van der Waals surface area contributed by atoms with Gasteiger partial charge in [-0.1, -0.05) is 42.5 Å². The number of primary amides is 1. The molecule has 0 aliphatic carbocycles. The third kappa shape index (κ3) is 2.38. The molecule has 2 rings (SSSR count). The van der Waals surface area contributed by atoms with Gasteiger partial charge in [-0.25, -0.2) is 0 Å². The van der Waals surface area contributed by atoms with Gasteiger partial charge in [-0.15, -0.1) is 0 Å². The smallest absolute Gasteiger partial charge is 0.231 e. The molecule has 3 nitrogen and oxygen atoms in total. The summed E-state index contributed by atoms with van der Waals surface area (Å²) in [6, 6.07) is 14.3. The number of carbonyl (C=O) groups excluding carboxylic acids is 1. The highest BCUT2D eigenvalue weighted by Crippen LogP contribution is 2.17. The van der Waals surface area contributed by atoms with Crippen molar-refractivity contribution in [2.75, 3.05) is 6.54 Å². The predicted molar refractivity (Wildman–Crippen MR) is 64.8 cm³/mol. The summed E-state index contributed by atoms with van der Waals surface area (Å²) in [5, 5.41) is 5.44. The summed E-state index contributed by atoms with van der Waals surface area (Å²) < 4.78 is 0. The topological polar surface area (TPSA) is 55.1 Å². The zero-order chi connectivity index (χ0) is 11.4. The lowest BCUT2D eigenvalue weighted by Gasteiger charge is -2.06. The molecule has 0 saturated carbocycles. The first-order valence-electron chi connectivity index (χ1n) is 5.23. The van der Waals surface area contributed by atoms with E-state index in [1.54, 1.807) is 0 Å². The molecule has 3 heteroatoms. The molecule has 0 heterocycles. The predicted octanol–water partition coefficient (Wildman–Crippen LogP) is 1.41. The van der Waals surface area contributed by atoms with E-state index in [1.807, 2.05) is 18.2 Å². The van der Waals surface area contributed by atoms with Crippen LogP contribution in [0.15, 0.2) is 42.5 Å². The van der Waals surface area contributed by atoms with Crippen LogP contribution in [-0.2, 0) is 11.3 Å². The Kier molecular flexibility index (Phi) is 3.17. The zero-order valence-electron chi connectivity index (χ0n) is 8.94. The van der Waals surface area contributed by atoms with Crippen LogP contribution in [0, 0.1) is 0 Å². The van der Waals surface area contributed by atoms with E-state index < -0.39 is 0 Å². The fraction of sp³-hybridized carbons (Fsp3) is 0.154. The van der Waals surface area contributed by atoms with Crippen LogP contribution in [-0.4, -0.2) is 12.5 Å². The standard InChI is InChI=1S/C13H14N2O/c14-13(16)9-15-8-11-6-3-5-10-4-1-2-7-12(10)11/h1-7,15H,8-9H2,(H2,14,16). The van der Waals surface area contributed by atoms with Crippen LogP contribution in [0.3, 0.4) is 0 Å². The van der Waals surface area contributed by atoms with Crippen molar-refractivity contribution in [2.45, 2.75) is 6.54 Å². The number of rotatable bonds is 4. The maximum Gasteiger partial charge on any atom is 0.231 e. The number of carbonyl (C=O) groups is 1. The highest BCUT2D eigenvalue weighted by Gasteiger charge is 2.00. The second-order valence-electron chi connectivity index (χ2n) is 3.71. The van der Waals surface area contributed by atoms with E-state index in [1.165, 1.54) is 16.3 Å². The lowest BCUT2D eigenvalue weighted by atomic mass is 10.0. The summed E-state index contributed by atoms with van der Waals surface area (Å²) in [6.45, 7) is 0.869. The van der Waals surface area contributed by atoms with E-state index in [0.29, 0.717) is 6.54 Å². The van der Waals surface area contributed by atoms with Crippen molar-refractivity contribution < 1.29 is 4.79 Å². The molecule has 2 aromatic carbocycles. The van der Waals surface area contributed by atoms with E-state index in [-0.39, 0.29) is 12.5 Å². The molecule has 0 saturated heterocycles. The maximum absolute atomic E-state index is 10.6. The van der Waals surface area contributed by atoms with Gasteiger partial charge < -0.3 is 11.1 Å². The Hall–Kier alpha value is -1.87. The van der Waals surface area contributed by atoms with Crippen molar-refractivity contribution in [1.82, 2.24) is 5.32 Å². The first kappa shape index (κ1) is 10.6. The maximum atomic E-state index is 10.6. The number of fused-ring (bicyclic) bond motifs is 1. The first-order chi connectivity index (χ1) is 7.77. The Morgan fingerprint density at radius 2 is 1.88 bits per heavy atom. The monoisotopic (exact) mass is 214 g/mol. The number of nitrogens with two attached hydrogens (primary N) is 1. The molecule has 0 aromatic heterocycles. The van der Waals surface area contributed by atoms with Gasteiger partial charge >= 0.3 is 0 Å². The molecule has 1 amide bonds. The van der Waals surface area contributed by atoms with Crippen LogP contribution in [0.5, 0.6) is 0 Å². The Bertz CT molecular complexity index is 503. The molecule has 3 N–H and O–H groups in total. The van der Waals surface area contributed by atoms with Crippen LogP contribution >= 0.6 is 0 Å². The first-order valence-corrected chi connectivity index (χ1v) is 5.23. The summed E-state index contributed by atoms with van der Waals surface area (Å²) >= 11 is 0. The van der Waals surface area contributed by atoms with Gasteiger partial charge in [-0.05, 0) is 16.3 Å². The Balaban J connectivity index is 2.20. The second-order valence-corrected chi connectivity index (χ2v) is 3.71. The quantitative estimate of drug-likeness (QED) is 0.808. The third-order valence-corrected chi connectivity index (χ3v) is 2.49. The van der Waals surface area contributed by atoms with E-state index in [9.17, 15) is 4.79 Å². The van der Waals surface area contributed by atoms with Gasteiger partial charge in [-0.2, -0.15) is 0 Å². The summed E-state index contributed by atoms with van der Waals surface area (Å²) in [4.78, 5) is 10.6. The van der Waals surface area contributed by atoms with Crippen LogP contribution < -0.4 is 11.1 Å². The van der Waals surface area contributed by atoms with E-state index in [4.69, 9.17) is 5.73 Å². The third-order valence-electron chi connectivity index (χ3n) is 2.49. The van der Waals surface area contributed by atoms with Crippen molar-refractivity contribution >= 4 is 16.7 Å². The molecular weight excluding hydrogens is 200 g/mol. The van der Waals surface area contributed by atoms with Crippen molar-refractivity contribution in [3.63, 3.8) is 0 Å². The fourth-order valence-electron chi connectivity index (χ4n) is 1.77. The van der Waals surface area contributed by atoms with Crippen molar-refractivity contribution in [3.8, 4) is 0 Å². The van der Waals surface area contributed by atoms with E-state index >= 15 is 0 Å². The van der Waals surface area contributed by atoms with E-state index in [2.05, 4.69) is 29.6 Å². The minimum Gasteiger partial charge on any atom is -0.369 e. The van der Waals surface area contributed by atoms with Crippen molar-refractivity contribution in [2.24, 2.45) is 5.73 Å². The van der Waals surface area contributed by atoms with E-state index in [0.717, 1.165) is 0 Å². The molecule has 0 spiro atoms. The molecule has 82 valence electrons. The lowest BCUT2D eigenvalue weighted by Crippen LogP contribution is -2.28. The Labute approximate surface area is 94.3 Å². The van der Waals surface area contributed by atoms with Gasteiger partial charge in [0.25, 0.3) is 0 Å². The SMILES string of the molecule is NC(=O)CNCc1cccc2ccccc12. The number of benzene rings is 2. The van der Waals surface area contributed by atoms with Crippen LogP contribution in [0.1, 0.15) is 5.56 Å². The minimum atomic E-state index is -0.333. The van der Waals surface area contributed by atoms with Gasteiger partial charge in [-0.3, -0.25) is 4.79 Å². The van der Waals surface area contributed by atoms with Gasteiger partial charge in [0, 0.05) is 6.54 Å². The van der Waals surface area contributed by atoms with Gasteiger partial charge in [0.2, 0.25) is 5.91 Å². The highest BCUT2D eigenvalue weighted by atomic mass is 16.1. The molecule has 0 fully saturated rings. The minimum absolute atomic E-state index is 0.212.